The summed E-state index contributed by atoms with van der Waals surface area (Å²) < 4.78 is 13.7. The number of esters is 1. The normalized spacial score (nSPS) is 12.3. The molecule has 2 heterocycles. The predicted molar refractivity (Wildman–Crippen MR) is 113 cm³/mol. The molecule has 7 nitrogen and oxygen atoms in total. The number of benzene rings is 2. The smallest absolute Gasteiger partial charge is 0.338 e. The van der Waals surface area contributed by atoms with Crippen molar-refractivity contribution < 1.29 is 19.4 Å². The molecule has 1 N–H and O–H groups in total. The van der Waals surface area contributed by atoms with E-state index in [4.69, 9.17) is 9.47 Å². The summed E-state index contributed by atoms with van der Waals surface area (Å²) in [4.78, 5) is 12.5. The average molecular weight is 430 g/mol. The molecule has 0 aliphatic heterocycles. The maximum atomic E-state index is 11.7. The third kappa shape index (κ3) is 4.36. The quantitative estimate of drug-likeness (QED) is 0.338. The average Bonchev–Trinajstić information content (AvgIpc) is 3.30. The number of ether oxygens (including phenoxy) is 2. The zero-order valence-electron chi connectivity index (χ0n) is 15.6. The van der Waals surface area contributed by atoms with E-state index in [9.17, 15) is 9.90 Å². The number of carbonyl (C=O) groups is 1. The summed E-state index contributed by atoms with van der Waals surface area (Å²) in [6.45, 7) is 2.23. The van der Waals surface area contributed by atoms with E-state index >= 15 is 0 Å². The van der Waals surface area contributed by atoms with Crippen LogP contribution in [0.1, 0.15) is 17.3 Å². The second kappa shape index (κ2) is 8.81. The van der Waals surface area contributed by atoms with Crippen molar-refractivity contribution in [3.05, 3.63) is 54.1 Å². The number of aliphatic hydroxyl groups is 1. The van der Waals surface area contributed by atoms with Crippen LogP contribution in [-0.2, 0) is 4.74 Å². The summed E-state index contributed by atoms with van der Waals surface area (Å²) in [5, 5.41) is 19.5. The summed E-state index contributed by atoms with van der Waals surface area (Å²) in [6, 6.07) is 14.7. The molecule has 29 heavy (non-hydrogen) atoms. The number of nitrogens with zero attached hydrogens (tertiary/aromatic N) is 3. The maximum absolute atomic E-state index is 11.7. The SMILES string of the molecule is CCOC(=O)c1ccc(OCC(O)CSc2nnc3sc4ccccc4n23)cc1. The van der Waals surface area contributed by atoms with Gasteiger partial charge in [-0.1, -0.05) is 35.2 Å². The van der Waals surface area contributed by atoms with E-state index in [0.29, 0.717) is 23.7 Å². The van der Waals surface area contributed by atoms with Gasteiger partial charge in [0.2, 0.25) is 4.96 Å². The van der Waals surface area contributed by atoms with Gasteiger partial charge in [-0.3, -0.25) is 4.40 Å². The fraction of sp³-hybridized carbons (Fsp3) is 0.250. The molecule has 0 saturated carbocycles. The first kappa shape index (κ1) is 19.7. The topological polar surface area (TPSA) is 86.0 Å². The predicted octanol–water partition coefficient (Wildman–Crippen LogP) is 3.65. The van der Waals surface area contributed by atoms with Crippen molar-refractivity contribution in [1.82, 2.24) is 14.6 Å². The molecule has 0 aliphatic carbocycles. The van der Waals surface area contributed by atoms with Crippen molar-refractivity contribution in [3.8, 4) is 5.75 Å². The number of aliphatic hydroxyl groups excluding tert-OH is 1. The second-order valence-electron chi connectivity index (χ2n) is 6.19. The molecule has 1 atom stereocenters. The lowest BCUT2D eigenvalue weighted by atomic mass is 10.2. The van der Waals surface area contributed by atoms with Crippen LogP contribution in [-0.4, -0.2) is 50.7 Å². The number of fused-ring (bicyclic) bond motifs is 3. The van der Waals surface area contributed by atoms with Crippen molar-refractivity contribution in [3.63, 3.8) is 0 Å². The minimum atomic E-state index is -0.679. The van der Waals surface area contributed by atoms with Crippen LogP contribution in [0, 0.1) is 0 Å². The van der Waals surface area contributed by atoms with Crippen LogP contribution in [0.15, 0.2) is 53.7 Å². The van der Waals surface area contributed by atoms with Gasteiger partial charge in [-0.25, -0.2) is 4.79 Å². The van der Waals surface area contributed by atoms with Crippen LogP contribution in [0.25, 0.3) is 15.2 Å². The minimum absolute atomic E-state index is 0.137. The molecule has 0 bridgehead atoms. The highest BCUT2D eigenvalue weighted by molar-refractivity contribution is 7.99. The zero-order valence-corrected chi connectivity index (χ0v) is 17.3. The summed E-state index contributed by atoms with van der Waals surface area (Å²) in [5.74, 6) is 0.637. The molecular formula is C20H19N3O4S2. The molecule has 2 aromatic heterocycles. The molecule has 0 saturated heterocycles. The van der Waals surface area contributed by atoms with Crippen molar-refractivity contribution in [1.29, 1.82) is 0 Å². The molecule has 2 aromatic carbocycles. The lowest BCUT2D eigenvalue weighted by Crippen LogP contribution is -2.20. The standard InChI is InChI=1S/C20H19N3O4S2/c1-2-26-18(25)13-7-9-15(10-8-13)27-11-14(24)12-28-19-21-22-20-23(19)16-5-3-4-6-17(16)29-20/h3-10,14,24H,2,11-12H2,1H3. The van der Waals surface area contributed by atoms with E-state index in [0.717, 1.165) is 20.3 Å². The Bertz CT molecular complexity index is 1120. The van der Waals surface area contributed by atoms with E-state index in [1.54, 1.807) is 42.5 Å². The van der Waals surface area contributed by atoms with E-state index in [1.807, 2.05) is 22.6 Å². The molecule has 0 aliphatic rings. The fourth-order valence-electron chi connectivity index (χ4n) is 2.76. The number of thioether (sulfide) groups is 1. The largest absolute Gasteiger partial charge is 0.491 e. The second-order valence-corrected chi connectivity index (χ2v) is 8.19. The molecule has 4 aromatic rings. The highest BCUT2D eigenvalue weighted by Crippen LogP contribution is 2.29. The van der Waals surface area contributed by atoms with Crippen LogP contribution in [0.2, 0.25) is 0 Å². The molecular weight excluding hydrogens is 410 g/mol. The Morgan fingerprint density at radius 3 is 2.79 bits per heavy atom. The number of hydrogen-bond acceptors (Lipinski definition) is 8. The van der Waals surface area contributed by atoms with E-state index in [2.05, 4.69) is 16.3 Å². The Hall–Kier alpha value is -2.62. The molecule has 9 heteroatoms. The third-order valence-corrected chi connectivity index (χ3v) is 6.21. The molecule has 1 unspecified atom stereocenters. The van der Waals surface area contributed by atoms with Crippen LogP contribution < -0.4 is 4.74 Å². The Labute approximate surface area is 175 Å². The number of rotatable bonds is 8. The first-order valence-electron chi connectivity index (χ1n) is 9.09. The molecule has 0 amide bonds. The van der Waals surface area contributed by atoms with Crippen molar-refractivity contribution in [2.24, 2.45) is 0 Å². The maximum Gasteiger partial charge on any atom is 0.338 e. The number of carbonyl (C=O) groups excluding carboxylic acids is 1. The van der Waals surface area contributed by atoms with Gasteiger partial charge in [0, 0.05) is 5.75 Å². The van der Waals surface area contributed by atoms with Gasteiger partial charge in [0.1, 0.15) is 12.4 Å². The van der Waals surface area contributed by atoms with Gasteiger partial charge in [0.05, 0.1) is 28.5 Å². The fourth-order valence-corrected chi connectivity index (χ4v) is 4.63. The van der Waals surface area contributed by atoms with Crippen LogP contribution in [0.3, 0.4) is 0 Å². The Kier molecular flexibility index (Phi) is 5.98. The Morgan fingerprint density at radius 1 is 1.21 bits per heavy atom. The Balaban J connectivity index is 1.33. The van der Waals surface area contributed by atoms with Gasteiger partial charge >= 0.3 is 5.97 Å². The third-order valence-electron chi connectivity index (χ3n) is 4.12. The molecule has 0 radical (unpaired) electrons. The summed E-state index contributed by atoms with van der Waals surface area (Å²) >= 11 is 3.02. The lowest BCUT2D eigenvalue weighted by Gasteiger charge is -2.12. The Morgan fingerprint density at radius 2 is 2.00 bits per heavy atom. The highest BCUT2D eigenvalue weighted by Gasteiger charge is 2.15. The van der Waals surface area contributed by atoms with Gasteiger partial charge in [-0.05, 0) is 43.3 Å². The van der Waals surface area contributed by atoms with E-state index in [1.165, 1.54) is 11.8 Å². The number of hydrogen-bond donors (Lipinski definition) is 1. The van der Waals surface area contributed by atoms with Gasteiger partial charge in [0.25, 0.3) is 0 Å². The first-order valence-corrected chi connectivity index (χ1v) is 10.9. The van der Waals surface area contributed by atoms with E-state index in [-0.39, 0.29) is 12.6 Å². The highest BCUT2D eigenvalue weighted by atomic mass is 32.2. The van der Waals surface area contributed by atoms with Crippen molar-refractivity contribution in [2.45, 2.75) is 18.2 Å². The van der Waals surface area contributed by atoms with Crippen LogP contribution in [0.5, 0.6) is 5.75 Å². The van der Waals surface area contributed by atoms with Gasteiger partial charge in [0.15, 0.2) is 5.16 Å². The monoisotopic (exact) mass is 429 g/mol. The molecule has 150 valence electrons. The van der Waals surface area contributed by atoms with Crippen molar-refractivity contribution in [2.75, 3.05) is 19.0 Å². The van der Waals surface area contributed by atoms with Gasteiger partial charge in [-0.15, -0.1) is 10.2 Å². The minimum Gasteiger partial charge on any atom is -0.491 e. The molecule has 0 spiro atoms. The van der Waals surface area contributed by atoms with Crippen LogP contribution >= 0.6 is 23.1 Å². The first-order chi connectivity index (χ1) is 14.2. The van der Waals surface area contributed by atoms with E-state index < -0.39 is 6.10 Å². The number of thiazole rings is 1. The molecule has 0 fully saturated rings. The zero-order chi connectivity index (χ0) is 20.2. The number of aromatic nitrogens is 3. The van der Waals surface area contributed by atoms with Gasteiger partial charge in [-0.2, -0.15) is 0 Å². The summed E-state index contributed by atoms with van der Waals surface area (Å²) in [6.07, 6.45) is -0.679. The van der Waals surface area contributed by atoms with Crippen molar-refractivity contribution >= 4 is 44.2 Å². The summed E-state index contributed by atoms with van der Waals surface area (Å²) in [7, 11) is 0. The van der Waals surface area contributed by atoms with Gasteiger partial charge < -0.3 is 14.6 Å². The lowest BCUT2D eigenvalue weighted by molar-refractivity contribution is 0.0526. The molecule has 4 rings (SSSR count). The summed E-state index contributed by atoms with van der Waals surface area (Å²) in [5.41, 5.74) is 1.53. The number of para-hydroxylation sites is 1. The van der Waals surface area contributed by atoms with Crippen LogP contribution in [0.4, 0.5) is 0 Å².